The topological polar surface area (TPSA) is 9.23 Å². The van der Waals surface area contributed by atoms with Gasteiger partial charge < -0.3 is 4.74 Å². The van der Waals surface area contributed by atoms with Crippen molar-refractivity contribution < 1.29 is 4.74 Å². The predicted molar refractivity (Wildman–Crippen MR) is 69.2 cm³/mol. The lowest BCUT2D eigenvalue weighted by molar-refractivity contribution is 0.309. The summed E-state index contributed by atoms with van der Waals surface area (Å²) in [6.07, 6.45) is 2.20. The van der Waals surface area contributed by atoms with E-state index in [1.165, 1.54) is 0 Å². The molecule has 0 spiro atoms. The van der Waals surface area contributed by atoms with Crippen molar-refractivity contribution in [1.82, 2.24) is 0 Å². The highest BCUT2D eigenvalue weighted by molar-refractivity contribution is 9.10. The van der Waals surface area contributed by atoms with Crippen LogP contribution in [0.15, 0.2) is 24.3 Å². The van der Waals surface area contributed by atoms with Gasteiger partial charge in [0.1, 0.15) is 5.75 Å². The van der Waals surface area contributed by atoms with E-state index in [0.717, 1.165) is 30.8 Å². The fraction of sp³-hybridized carbons (Fsp3) is 0.455. The van der Waals surface area contributed by atoms with Gasteiger partial charge in [0, 0.05) is 0 Å². The van der Waals surface area contributed by atoms with Crippen molar-refractivity contribution in [3.8, 4) is 5.75 Å². The van der Waals surface area contributed by atoms with E-state index in [-0.39, 0.29) is 0 Å². The molecule has 0 bridgehead atoms. The molecule has 0 fully saturated rings. The van der Waals surface area contributed by atoms with Gasteiger partial charge in [0.2, 0.25) is 0 Å². The van der Waals surface area contributed by atoms with E-state index in [0.29, 0.717) is 0 Å². The van der Waals surface area contributed by atoms with Gasteiger partial charge in [-0.25, -0.2) is 0 Å². The lowest BCUT2D eigenvalue weighted by Crippen LogP contribution is -2.00. The Labute approximate surface area is 109 Å². The summed E-state index contributed by atoms with van der Waals surface area (Å²) < 4.78 is 4.49. The normalized spacial score (nSPS) is 11.5. The molecule has 1 aromatic carbocycles. The Morgan fingerprint density at radius 2 is 1.87 bits per heavy atom. The number of benzene rings is 1. The first kappa shape index (κ1) is 13.1. The molecule has 0 aliphatic carbocycles. The predicted octanol–water partition coefficient (Wildman–Crippen LogP) is 4.85. The third-order valence-corrected chi connectivity index (χ3v) is 2.84. The summed E-state index contributed by atoms with van der Waals surface area (Å²) in [5.41, 5.74) is 0.800. The van der Waals surface area contributed by atoms with Gasteiger partial charge in [-0.3, -0.25) is 0 Å². The minimum Gasteiger partial charge on any atom is -0.494 e. The molecule has 0 aromatic heterocycles. The fourth-order valence-corrected chi connectivity index (χ4v) is 1.59. The zero-order valence-corrected chi connectivity index (χ0v) is 11.6. The largest absolute Gasteiger partial charge is 0.494 e. The van der Waals surface area contributed by atoms with Crippen molar-refractivity contribution in [2.75, 3.05) is 6.61 Å². The molecule has 0 radical (unpaired) electrons. The Kier molecular flexibility index (Phi) is 5.24. The third kappa shape index (κ3) is 4.62. The molecule has 0 amide bonds. The monoisotopic (exact) mass is 310 g/mol. The van der Waals surface area contributed by atoms with Gasteiger partial charge in [0.15, 0.2) is 3.24 Å². The van der Waals surface area contributed by atoms with E-state index in [1.54, 1.807) is 0 Å². The quantitative estimate of drug-likeness (QED) is 0.558. The van der Waals surface area contributed by atoms with Gasteiger partial charge in [0.05, 0.1) is 6.61 Å². The summed E-state index contributed by atoms with van der Waals surface area (Å²) in [6.45, 7) is 2.88. The molecule has 0 saturated heterocycles. The summed E-state index contributed by atoms with van der Waals surface area (Å²) in [5.74, 6) is 0.845. The van der Waals surface area contributed by atoms with Crippen LogP contribution in [0.1, 0.15) is 25.3 Å². The first-order chi connectivity index (χ1) is 7.04. The van der Waals surface area contributed by atoms with Crippen LogP contribution in [0.4, 0.5) is 0 Å². The molecule has 0 heterocycles. The molecule has 1 aromatic rings. The van der Waals surface area contributed by atoms with Crippen molar-refractivity contribution in [2.45, 2.75) is 23.0 Å². The molecule has 15 heavy (non-hydrogen) atoms. The van der Waals surface area contributed by atoms with Crippen molar-refractivity contribution in [3.63, 3.8) is 0 Å². The highest BCUT2D eigenvalue weighted by Crippen LogP contribution is 2.40. The van der Waals surface area contributed by atoms with Crippen molar-refractivity contribution in [2.24, 2.45) is 0 Å². The van der Waals surface area contributed by atoms with E-state index in [4.69, 9.17) is 27.9 Å². The molecule has 0 aliphatic rings. The lowest BCUT2D eigenvalue weighted by atomic mass is 10.2. The van der Waals surface area contributed by atoms with Gasteiger partial charge in [-0.15, -0.1) is 0 Å². The second-order valence-corrected chi connectivity index (χ2v) is 6.65. The maximum atomic E-state index is 5.88. The van der Waals surface area contributed by atoms with E-state index in [1.807, 2.05) is 24.3 Å². The smallest absolute Gasteiger partial charge is 0.197 e. The Balaban J connectivity index is 2.57. The zero-order valence-electron chi connectivity index (χ0n) is 8.47. The van der Waals surface area contributed by atoms with Crippen molar-refractivity contribution >= 4 is 39.1 Å². The number of rotatable bonds is 5. The van der Waals surface area contributed by atoms with Crippen LogP contribution in [-0.2, 0) is 3.24 Å². The van der Waals surface area contributed by atoms with Crippen LogP contribution in [0.2, 0.25) is 0 Å². The van der Waals surface area contributed by atoms with E-state index < -0.39 is 3.24 Å². The number of halogens is 3. The number of alkyl halides is 3. The zero-order chi connectivity index (χ0) is 11.3. The second-order valence-electron chi connectivity index (χ2n) is 3.22. The highest BCUT2D eigenvalue weighted by Gasteiger charge is 2.21. The Morgan fingerprint density at radius 3 is 2.33 bits per heavy atom. The Bertz CT molecular complexity index is 292. The minimum atomic E-state index is -1.02. The van der Waals surface area contributed by atoms with E-state index in [2.05, 4.69) is 22.9 Å². The van der Waals surface area contributed by atoms with Gasteiger partial charge in [-0.05, 0) is 40.0 Å². The molecule has 0 unspecified atom stereocenters. The first-order valence-electron chi connectivity index (χ1n) is 4.84. The molecule has 4 heteroatoms. The molecule has 0 saturated carbocycles. The number of ether oxygens (including phenoxy) is 1. The SMILES string of the molecule is CCCCOc1ccc(C(Cl)(Cl)Br)cc1. The first-order valence-corrected chi connectivity index (χ1v) is 6.39. The number of unbranched alkanes of at least 4 members (excludes halogenated alkanes) is 1. The summed E-state index contributed by atoms with van der Waals surface area (Å²) in [7, 11) is 0. The van der Waals surface area contributed by atoms with Crippen LogP contribution in [0.5, 0.6) is 5.75 Å². The molecule has 84 valence electrons. The summed E-state index contributed by atoms with van der Waals surface area (Å²) in [4.78, 5) is 0. The van der Waals surface area contributed by atoms with Crippen LogP contribution in [0.3, 0.4) is 0 Å². The van der Waals surface area contributed by atoms with Crippen LogP contribution < -0.4 is 4.74 Å². The molecule has 0 N–H and O–H groups in total. The second kappa shape index (κ2) is 5.97. The summed E-state index contributed by atoms with van der Waals surface area (Å²) in [5, 5.41) is 0. The Hall–Kier alpha value is 0.0800. The third-order valence-electron chi connectivity index (χ3n) is 1.95. The molecular formula is C11H13BrCl2O. The van der Waals surface area contributed by atoms with Crippen LogP contribution >= 0.6 is 39.1 Å². The molecular weight excluding hydrogens is 299 g/mol. The van der Waals surface area contributed by atoms with E-state index in [9.17, 15) is 0 Å². The van der Waals surface area contributed by atoms with Crippen molar-refractivity contribution in [1.29, 1.82) is 0 Å². The van der Waals surface area contributed by atoms with Crippen LogP contribution in [-0.4, -0.2) is 6.61 Å². The highest BCUT2D eigenvalue weighted by atomic mass is 79.9. The van der Waals surface area contributed by atoms with Crippen LogP contribution in [0, 0.1) is 0 Å². The summed E-state index contributed by atoms with van der Waals surface area (Å²) >= 11 is 14.9. The van der Waals surface area contributed by atoms with Crippen LogP contribution in [0.25, 0.3) is 0 Å². The maximum Gasteiger partial charge on any atom is 0.197 e. The van der Waals surface area contributed by atoms with Crippen molar-refractivity contribution in [3.05, 3.63) is 29.8 Å². The number of hydrogen-bond acceptors (Lipinski definition) is 1. The average molecular weight is 312 g/mol. The Morgan fingerprint density at radius 1 is 1.27 bits per heavy atom. The van der Waals surface area contributed by atoms with Gasteiger partial charge in [0.25, 0.3) is 0 Å². The standard InChI is InChI=1S/C11H13BrCl2O/c1-2-3-8-15-10-6-4-9(5-7-10)11(12,13)14/h4-7H,2-3,8H2,1H3. The lowest BCUT2D eigenvalue weighted by Gasteiger charge is -2.12. The number of hydrogen-bond donors (Lipinski definition) is 0. The maximum absolute atomic E-state index is 5.88. The summed E-state index contributed by atoms with van der Waals surface area (Å²) in [6, 6.07) is 7.42. The average Bonchev–Trinajstić information content (AvgIpc) is 2.18. The molecule has 1 nitrogen and oxygen atoms in total. The molecule has 0 atom stereocenters. The van der Waals surface area contributed by atoms with E-state index >= 15 is 0 Å². The fourth-order valence-electron chi connectivity index (χ4n) is 1.07. The molecule has 0 aliphatic heterocycles. The van der Waals surface area contributed by atoms with Gasteiger partial charge in [-0.2, -0.15) is 0 Å². The van der Waals surface area contributed by atoms with Gasteiger partial charge >= 0.3 is 0 Å². The van der Waals surface area contributed by atoms with Gasteiger partial charge in [-0.1, -0.05) is 48.7 Å². The minimum absolute atomic E-state index is 0.747. The molecule has 1 rings (SSSR count).